The molecule has 0 heterocycles. The largest absolute Gasteiger partial charge is 0.490 e. The molecule has 0 atom stereocenters. The van der Waals surface area contributed by atoms with Crippen molar-refractivity contribution in [1.29, 1.82) is 0 Å². The number of amides is 1. The summed E-state index contributed by atoms with van der Waals surface area (Å²) in [6, 6.07) is 16.2. The number of rotatable bonds is 11. The van der Waals surface area contributed by atoms with Crippen LogP contribution in [0.25, 0.3) is 0 Å². The van der Waals surface area contributed by atoms with Crippen LogP contribution in [0.1, 0.15) is 30.6 Å². The molecule has 1 amide bonds. The molecule has 0 bridgehead atoms. The fraction of sp³-hybridized carbons (Fsp3) is 0.364. The van der Waals surface area contributed by atoms with Gasteiger partial charge in [-0.05, 0) is 36.6 Å². The molecule has 0 radical (unpaired) electrons. The smallest absolute Gasteiger partial charge is 0.342 e. The van der Waals surface area contributed by atoms with Gasteiger partial charge in [0.25, 0.3) is 5.91 Å². The predicted octanol–water partition coefficient (Wildman–Crippen LogP) is 3.46. The molecule has 6 nitrogen and oxygen atoms in total. The normalized spacial score (nSPS) is 10.4. The van der Waals surface area contributed by atoms with E-state index in [1.807, 2.05) is 30.3 Å². The van der Waals surface area contributed by atoms with E-state index in [0.717, 1.165) is 12.2 Å². The first-order chi connectivity index (χ1) is 13.6. The Hall–Kier alpha value is -3.02. The summed E-state index contributed by atoms with van der Waals surface area (Å²) in [7, 11) is 0. The number of ether oxygens (including phenoxy) is 3. The van der Waals surface area contributed by atoms with E-state index in [-0.39, 0.29) is 24.7 Å². The highest BCUT2D eigenvalue weighted by atomic mass is 16.5. The van der Waals surface area contributed by atoms with Crippen LogP contribution < -0.4 is 14.8 Å². The minimum atomic E-state index is -0.599. The number of nitrogens with one attached hydrogen (secondary N) is 1. The fourth-order valence-corrected chi connectivity index (χ4v) is 2.35. The molecule has 28 heavy (non-hydrogen) atoms. The maximum Gasteiger partial charge on any atom is 0.342 e. The summed E-state index contributed by atoms with van der Waals surface area (Å²) in [6.07, 6.45) is 0.876. The summed E-state index contributed by atoms with van der Waals surface area (Å²) in [6.45, 7) is 5.01. The highest BCUT2D eigenvalue weighted by Crippen LogP contribution is 2.19. The van der Waals surface area contributed by atoms with Crippen molar-refractivity contribution in [2.75, 3.05) is 26.4 Å². The van der Waals surface area contributed by atoms with Crippen molar-refractivity contribution < 1.29 is 23.8 Å². The highest BCUT2D eigenvalue weighted by molar-refractivity contribution is 5.93. The molecule has 0 aliphatic carbocycles. The highest BCUT2D eigenvalue weighted by Gasteiger charge is 2.15. The number of esters is 1. The zero-order valence-electron chi connectivity index (χ0n) is 16.4. The lowest BCUT2D eigenvalue weighted by Gasteiger charge is -2.12. The van der Waals surface area contributed by atoms with Gasteiger partial charge in [0, 0.05) is 6.54 Å². The van der Waals surface area contributed by atoms with Crippen LogP contribution in [0.5, 0.6) is 11.5 Å². The van der Waals surface area contributed by atoms with Gasteiger partial charge in [-0.3, -0.25) is 4.79 Å². The fourth-order valence-electron chi connectivity index (χ4n) is 2.35. The number of hydrogen-bond donors (Lipinski definition) is 1. The van der Waals surface area contributed by atoms with Gasteiger partial charge in [0.1, 0.15) is 30.3 Å². The molecule has 6 heteroatoms. The van der Waals surface area contributed by atoms with Crippen LogP contribution in [0.2, 0.25) is 0 Å². The van der Waals surface area contributed by atoms with E-state index < -0.39 is 5.97 Å². The van der Waals surface area contributed by atoms with E-state index in [1.165, 1.54) is 0 Å². The number of benzene rings is 2. The van der Waals surface area contributed by atoms with E-state index in [4.69, 9.17) is 14.2 Å². The molecule has 0 saturated heterocycles. The number of para-hydroxylation sites is 2. The molecule has 2 rings (SSSR count). The molecule has 0 aliphatic rings. The number of hydrogen-bond acceptors (Lipinski definition) is 5. The average Bonchev–Trinajstić information content (AvgIpc) is 2.70. The van der Waals surface area contributed by atoms with E-state index >= 15 is 0 Å². The second kappa shape index (κ2) is 11.6. The Labute approximate surface area is 165 Å². The Kier molecular flexibility index (Phi) is 8.85. The second-order valence-electron chi connectivity index (χ2n) is 6.61. The van der Waals surface area contributed by atoms with E-state index in [0.29, 0.717) is 24.8 Å². The average molecular weight is 385 g/mol. The lowest BCUT2D eigenvalue weighted by molar-refractivity contribution is -0.124. The first-order valence-corrected chi connectivity index (χ1v) is 9.39. The molecular formula is C22H27NO5. The van der Waals surface area contributed by atoms with Crippen LogP contribution in [0, 0.1) is 5.92 Å². The van der Waals surface area contributed by atoms with Crippen LogP contribution in [0.15, 0.2) is 54.6 Å². The van der Waals surface area contributed by atoms with Gasteiger partial charge in [-0.2, -0.15) is 0 Å². The quantitative estimate of drug-likeness (QED) is 0.474. The molecular weight excluding hydrogens is 358 g/mol. The Morgan fingerprint density at radius 1 is 0.929 bits per heavy atom. The zero-order valence-corrected chi connectivity index (χ0v) is 16.4. The van der Waals surface area contributed by atoms with Crippen molar-refractivity contribution in [1.82, 2.24) is 5.32 Å². The maximum atomic E-state index is 12.3. The van der Waals surface area contributed by atoms with Crippen molar-refractivity contribution in [2.45, 2.75) is 20.3 Å². The Morgan fingerprint density at radius 2 is 1.61 bits per heavy atom. The summed E-state index contributed by atoms with van der Waals surface area (Å²) in [4.78, 5) is 24.0. The molecule has 0 unspecified atom stereocenters. The zero-order chi connectivity index (χ0) is 20.2. The first-order valence-electron chi connectivity index (χ1n) is 9.39. The van der Waals surface area contributed by atoms with Gasteiger partial charge in [0.05, 0.1) is 0 Å². The van der Waals surface area contributed by atoms with Crippen LogP contribution in [-0.4, -0.2) is 38.2 Å². The van der Waals surface area contributed by atoms with E-state index in [9.17, 15) is 9.59 Å². The van der Waals surface area contributed by atoms with Crippen molar-refractivity contribution in [3.8, 4) is 11.5 Å². The van der Waals surface area contributed by atoms with Crippen molar-refractivity contribution in [3.63, 3.8) is 0 Å². The summed E-state index contributed by atoms with van der Waals surface area (Å²) < 4.78 is 16.3. The molecule has 150 valence electrons. The Morgan fingerprint density at radius 3 is 2.36 bits per heavy atom. The summed E-state index contributed by atoms with van der Waals surface area (Å²) >= 11 is 0. The van der Waals surface area contributed by atoms with Gasteiger partial charge in [0.15, 0.2) is 6.61 Å². The van der Waals surface area contributed by atoms with Gasteiger partial charge in [-0.25, -0.2) is 4.79 Å². The third kappa shape index (κ3) is 7.70. The molecule has 0 spiro atoms. The monoisotopic (exact) mass is 385 g/mol. The molecule has 0 aliphatic heterocycles. The van der Waals surface area contributed by atoms with Gasteiger partial charge < -0.3 is 19.5 Å². The van der Waals surface area contributed by atoms with Gasteiger partial charge in [0.2, 0.25) is 0 Å². The Bertz CT molecular complexity index is 746. The number of carbonyl (C=O) groups is 2. The SMILES string of the molecule is CC(C)CCNC(=O)COC(=O)c1ccccc1OCCOc1ccccc1. The lowest BCUT2D eigenvalue weighted by Crippen LogP contribution is -2.30. The van der Waals surface area contributed by atoms with Gasteiger partial charge in [-0.15, -0.1) is 0 Å². The molecule has 2 aromatic rings. The molecule has 1 N–H and O–H groups in total. The third-order valence-corrected chi connectivity index (χ3v) is 3.84. The Balaban J connectivity index is 1.78. The maximum absolute atomic E-state index is 12.3. The summed E-state index contributed by atoms with van der Waals surface area (Å²) in [5, 5.41) is 2.73. The van der Waals surface area contributed by atoms with Gasteiger partial charge in [-0.1, -0.05) is 44.2 Å². The summed E-state index contributed by atoms with van der Waals surface area (Å²) in [5.41, 5.74) is 0.275. The first kappa shape index (κ1) is 21.3. The van der Waals surface area contributed by atoms with E-state index in [2.05, 4.69) is 19.2 Å². The molecule has 0 fully saturated rings. The number of carbonyl (C=O) groups excluding carboxylic acids is 2. The van der Waals surface area contributed by atoms with Crippen LogP contribution in [0.3, 0.4) is 0 Å². The standard InChI is InChI=1S/C22H27NO5/c1-17(2)12-13-23-21(24)16-28-22(25)19-10-6-7-11-20(19)27-15-14-26-18-8-4-3-5-9-18/h3-11,17H,12-16H2,1-2H3,(H,23,24). The van der Waals surface area contributed by atoms with Crippen molar-refractivity contribution in [3.05, 3.63) is 60.2 Å². The van der Waals surface area contributed by atoms with Crippen LogP contribution >= 0.6 is 0 Å². The van der Waals surface area contributed by atoms with Gasteiger partial charge >= 0.3 is 5.97 Å². The van der Waals surface area contributed by atoms with E-state index in [1.54, 1.807) is 24.3 Å². The van der Waals surface area contributed by atoms with Crippen LogP contribution in [-0.2, 0) is 9.53 Å². The van der Waals surface area contributed by atoms with Crippen molar-refractivity contribution in [2.24, 2.45) is 5.92 Å². The minimum absolute atomic E-state index is 0.273. The molecule has 0 saturated carbocycles. The van der Waals surface area contributed by atoms with Crippen LogP contribution in [0.4, 0.5) is 0 Å². The summed E-state index contributed by atoms with van der Waals surface area (Å²) in [5.74, 6) is 0.728. The molecule has 0 aromatic heterocycles. The predicted molar refractivity (Wildman–Crippen MR) is 107 cm³/mol. The minimum Gasteiger partial charge on any atom is -0.490 e. The van der Waals surface area contributed by atoms with Crippen molar-refractivity contribution >= 4 is 11.9 Å². The second-order valence-corrected chi connectivity index (χ2v) is 6.61. The third-order valence-electron chi connectivity index (χ3n) is 3.84. The molecule has 2 aromatic carbocycles. The lowest BCUT2D eigenvalue weighted by atomic mass is 10.1. The topological polar surface area (TPSA) is 73.9 Å².